The van der Waals surface area contributed by atoms with E-state index in [9.17, 15) is 0 Å². The lowest BCUT2D eigenvalue weighted by atomic mass is 9.87. The van der Waals surface area contributed by atoms with E-state index in [0.29, 0.717) is 0 Å². The number of nitrogens with zero attached hydrogens (tertiary/aromatic N) is 1. The highest BCUT2D eigenvalue weighted by Crippen LogP contribution is 2.23. The van der Waals surface area contributed by atoms with Crippen molar-refractivity contribution in [3.05, 3.63) is 35.9 Å². The summed E-state index contributed by atoms with van der Waals surface area (Å²) in [5, 5.41) is 0. The van der Waals surface area contributed by atoms with Crippen LogP contribution in [-0.4, -0.2) is 24.5 Å². The number of unbranched alkanes of at least 4 members (excludes halogenated alkanes) is 2. The normalized spacial score (nSPS) is 14.4. The van der Waals surface area contributed by atoms with Gasteiger partial charge in [-0.2, -0.15) is 0 Å². The molecule has 20 heavy (non-hydrogen) atoms. The van der Waals surface area contributed by atoms with Crippen molar-refractivity contribution >= 4 is 0 Å². The molecule has 0 bridgehead atoms. The summed E-state index contributed by atoms with van der Waals surface area (Å²) in [6, 6.07) is 10.6. The zero-order valence-corrected chi connectivity index (χ0v) is 13.6. The third-order valence-electron chi connectivity index (χ3n) is 4.14. The first-order chi connectivity index (χ1) is 9.66. The number of hydrogen-bond acceptors (Lipinski definition) is 2. The molecule has 1 rings (SSSR count). The average Bonchev–Trinajstić information content (AvgIpc) is 2.50. The van der Waals surface area contributed by atoms with E-state index in [0.717, 1.165) is 13.0 Å². The Labute approximate surface area is 125 Å². The Bertz CT molecular complexity index is 342. The summed E-state index contributed by atoms with van der Waals surface area (Å²) >= 11 is 0. The predicted octanol–water partition coefficient (Wildman–Crippen LogP) is 4.15. The van der Waals surface area contributed by atoms with Gasteiger partial charge in [0.2, 0.25) is 0 Å². The van der Waals surface area contributed by atoms with Crippen LogP contribution in [0.3, 0.4) is 0 Å². The Kier molecular flexibility index (Phi) is 7.86. The molecule has 114 valence electrons. The largest absolute Gasteiger partial charge is 0.320 e. The standard InChI is InChI=1S/C18H32N2/c1-4-7-14-20(15-8-5-2)16-18(19,6-3)17-12-10-9-11-13-17/h9-13H,4-8,14-16,19H2,1-3H3. The zero-order chi connectivity index (χ0) is 14.8. The van der Waals surface area contributed by atoms with Crippen LogP contribution >= 0.6 is 0 Å². The molecule has 1 aromatic rings. The molecule has 2 heteroatoms. The van der Waals surface area contributed by atoms with Crippen molar-refractivity contribution in [2.45, 2.75) is 58.4 Å². The smallest absolute Gasteiger partial charge is 0.0535 e. The topological polar surface area (TPSA) is 29.3 Å². The number of hydrogen-bond donors (Lipinski definition) is 1. The van der Waals surface area contributed by atoms with Crippen LogP contribution in [0.1, 0.15) is 58.4 Å². The second kappa shape index (κ2) is 9.15. The summed E-state index contributed by atoms with van der Waals surface area (Å²) in [7, 11) is 0. The van der Waals surface area contributed by atoms with Crippen molar-refractivity contribution in [1.29, 1.82) is 0 Å². The fourth-order valence-corrected chi connectivity index (χ4v) is 2.61. The minimum absolute atomic E-state index is 0.220. The van der Waals surface area contributed by atoms with Crippen molar-refractivity contribution < 1.29 is 0 Å². The minimum atomic E-state index is -0.220. The molecule has 0 aromatic heterocycles. The molecule has 0 saturated heterocycles. The quantitative estimate of drug-likeness (QED) is 0.695. The molecule has 0 aliphatic rings. The summed E-state index contributed by atoms with van der Waals surface area (Å²) in [5.41, 5.74) is 7.77. The van der Waals surface area contributed by atoms with Crippen LogP contribution in [0.15, 0.2) is 30.3 Å². The zero-order valence-electron chi connectivity index (χ0n) is 13.6. The van der Waals surface area contributed by atoms with Crippen LogP contribution < -0.4 is 5.73 Å². The summed E-state index contributed by atoms with van der Waals surface area (Å²) in [6.45, 7) is 10.0. The molecule has 1 atom stereocenters. The number of nitrogens with two attached hydrogens (primary N) is 1. The second-order valence-corrected chi connectivity index (χ2v) is 5.86. The van der Waals surface area contributed by atoms with Crippen molar-refractivity contribution in [3.8, 4) is 0 Å². The van der Waals surface area contributed by atoms with Crippen molar-refractivity contribution in [1.82, 2.24) is 4.90 Å². The molecule has 1 aromatic carbocycles. The lowest BCUT2D eigenvalue weighted by Gasteiger charge is -2.35. The summed E-state index contributed by atoms with van der Waals surface area (Å²) in [6.07, 6.45) is 6.00. The van der Waals surface area contributed by atoms with E-state index in [1.807, 2.05) is 0 Å². The molecule has 0 aliphatic carbocycles. The Morgan fingerprint density at radius 1 is 0.950 bits per heavy atom. The van der Waals surface area contributed by atoms with Crippen LogP contribution in [0.4, 0.5) is 0 Å². The molecule has 2 nitrogen and oxygen atoms in total. The molecule has 0 heterocycles. The van der Waals surface area contributed by atoms with Crippen LogP contribution in [0.5, 0.6) is 0 Å². The van der Waals surface area contributed by atoms with Gasteiger partial charge in [-0.1, -0.05) is 63.9 Å². The maximum absolute atomic E-state index is 6.72. The van der Waals surface area contributed by atoms with Gasteiger partial charge in [0.1, 0.15) is 0 Å². The van der Waals surface area contributed by atoms with Gasteiger partial charge >= 0.3 is 0 Å². The SMILES string of the molecule is CCCCN(CCCC)CC(N)(CC)c1ccccc1. The van der Waals surface area contributed by atoms with Gasteiger partial charge in [0.25, 0.3) is 0 Å². The van der Waals surface area contributed by atoms with Gasteiger partial charge in [-0.3, -0.25) is 0 Å². The van der Waals surface area contributed by atoms with E-state index < -0.39 is 0 Å². The van der Waals surface area contributed by atoms with E-state index in [2.05, 4.69) is 56.0 Å². The molecule has 0 amide bonds. The lowest BCUT2D eigenvalue weighted by molar-refractivity contribution is 0.198. The lowest BCUT2D eigenvalue weighted by Crippen LogP contribution is -2.47. The molecule has 2 N–H and O–H groups in total. The number of benzene rings is 1. The van der Waals surface area contributed by atoms with E-state index in [4.69, 9.17) is 5.73 Å². The van der Waals surface area contributed by atoms with Crippen LogP contribution in [0.25, 0.3) is 0 Å². The first kappa shape index (κ1) is 17.2. The molecule has 0 spiro atoms. The van der Waals surface area contributed by atoms with Crippen LogP contribution in [0, 0.1) is 0 Å². The van der Waals surface area contributed by atoms with E-state index in [1.165, 1.54) is 44.3 Å². The van der Waals surface area contributed by atoms with Gasteiger partial charge < -0.3 is 10.6 Å². The number of rotatable bonds is 10. The highest BCUT2D eigenvalue weighted by Gasteiger charge is 2.27. The van der Waals surface area contributed by atoms with Crippen LogP contribution in [-0.2, 0) is 5.54 Å². The Hall–Kier alpha value is -0.860. The Morgan fingerprint density at radius 2 is 1.50 bits per heavy atom. The molecule has 0 radical (unpaired) electrons. The van der Waals surface area contributed by atoms with Gasteiger partial charge in [0.05, 0.1) is 5.54 Å². The van der Waals surface area contributed by atoms with E-state index in [-0.39, 0.29) is 5.54 Å². The average molecular weight is 276 g/mol. The fraction of sp³-hybridized carbons (Fsp3) is 0.667. The molecule has 0 aliphatic heterocycles. The maximum atomic E-state index is 6.72. The van der Waals surface area contributed by atoms with Crippen LogP contribution in [0.2, 0.25) is 0 Å². The molecule has 1 unspecified atom stereocenters. The first-order valence-electron chi connectivity index (χ1n) is 8.23. The third kappa shape index (κ3) is 5.26. The minimum Gasteiger partial charge on any atom is -0.320 e. The second-order valence-electron chi connectivity index (χ2n) is 5.86. The van der Waals surface area contributed by atoms with Gasteiger partial charge in [-0.15, -0.1) is 0 Å². The Balaban J connectivity index is 2.75. The highest BCUT2D eigenvalue weighted by atomic mass is 15.1. The summed E-state index contributed by atoms with van der Waals surface area (Å²) in [4.78, 5) is 2.56. The summed E-state index contributed by atoms with van der Waals surface area (Å²) in [5.74, 6) is 0. The molecule has 0 fully saturated rings. The summed E-state index contributed by atoms with van der Waals surface area (Å²) < 4.78 is 0. The monoisotopic (exact) mass is 276 g/mol. The van der Waals surface area contributed by atoms with E-state index >= 15 is 0 Å². The first-order valence-corrected chi connectivity index (χ1v) is 8.23. The van der Waals surface area contributed by atoms with Gasteiger partial charge in [0.15, 0.2) is 0 Å². The Morgan fingerprint density at radius 3 is 1.95 bits per heavy atom. The van der Waals surface area contributed by atoms with E-state index in [1.54, 1.807) is 0 Å². The fourth-order valence-electron chi connectivity index (χ4n) is 2.61. The molecular weight excluding hydrogens is 244 g/mol. The van der Waals surface area contributed by atoms with Crippen molar-refractivity contribution in [2.24, 2.45) is 5.73 Å². The predicted molar refractivity (Wildman–Crippen MR) is 88.9 cm³/mol. The maximum Gasteiger partial charge on any atom is 0.0535 e. The van der Waals surface area contributed by atoms with Crippen molar-refractivity contribution in [2.75, 3.05) is 19.6 Å². The third-order valence-corrected chi connectivity index (χ3v) is 4.14. The van der Waals surface area contributed by atoms with Crippen molar-refractivity contribution in [3.63, 3.8) is 0 Å². The molecular formula is C18H32N2. The molecule has 0 saturated carbocycles. The van der Waals surface area contributed by atoms with Gasteiger partial charge in [-0.25, -0.2) is 0 Å². The highest BCUT2D eigenvalue weighted by molar-refractivity contribution is 5.24. The van der Waals surface area contributed by atoms with Gasteiger partial charge in [0, 0.05) is 6.54 Å². The van der Waals surface area contributed by atoms with Gasteiger partial charge in [-0.05, 0) is 37.9 Å².